The molecule has 1 heterocycles. The van der Waals surface area contributed by atoms with Gasteiger partial charge in [-0.15, -0.1) is 0 Å². The first-order valence-electron chi connectivity index (χ1n) is 5.67. The van der Waals surface area contributed by atoms with Crippen molar-refractivity contribution in [3.63, 3.8) is 0 Å². The van der Waals surface area contributed by atoms with Crippen molar-refractivity contribution < 1.29 is 9.90 Å². The molecule has 0 fully saturated rings. The molecule has 0 aliphatic rings. The Kier molecular flexibility index (Phi) is 3.57. The van der Waals surface area contributed by atoms with Crippen LogP contribution in [0.15, 0.2) is 48.7 Å². The molecule has 1 aromatic heterocycles. The van der Waals surface area contributed by atoms with Crippen molar-refractivity contribution in [3.8, 4) is 0 Å². The number of benzene rings is 1. The Labute approximate surface area is 105 Å². The largest absolute Gasteiger partial charge is 0.481 e. The van der Waals surface area contributed by atoms with Gasteiger partial charge in [0.25, 0.3) is 0 Å². The van der Waals surface area contributed by atoms with Gasteiger partial charge in [-0.05, 0) is 36.8 Å². The summed E-state index contributed by atoms with van der Waals surface area (Å²) in [5.74, 6) is -0.550. The van der Waals surface area contributed by atoms with Crippen LogP contribution in [0.25, 0.3) is 0 Å². The molecule has 0 saturated carbocycles. The zero-order chi connectivity index (χ0) is 13.0. The average Bonchev–Trinajstić information content (AvgIpc) is 2.40. The van der Waals surface area contributed by atoms with Crippen LogP contribution in [0.2, 0.25) is 0 Å². The lowest BCUT2D eigenvalue weighted by atomic mass is 10.0. The third-order valence-corrected chi connectivity index (χ3v) is 2.72. The van der Waals surface area contributed by atoms with Crippen molar-refractivity contribution >= 4 is 17.5 Å². The van der Waals surface area contributed by atoms with E-state index in [0.29, 0.717) is 0 Å². The second-order valence-electron chi connectivity index (χ2n) is 4.02. The van der Waals surface area contributed by atoms with Crippen molar-refractivity contribution in [1.82, 2.24) is 4.98 Å². The number of hydrogen-bond acceptors (Lipinski definition) is 3. The number of aliphatic carboxylic acids is 1. The summed E-state index contributed by atoms with van der Waals surface area (Å²) in [7, 11) is 0. The number of aromatic nitrogens is 1. The number of nitrogens with zero attached hydrogens (tertiary/aromatic N) is 1. The molecule has 0 aliphatic carbocycles. The topological polar surface area (TPSA) is 62.2 Å². The van der Waals surface area contributed by atoms with Crippen LogP contribution in [-0.4, -0.2) is 16.1 Å². The maximum Gasteiger partial charge on any atom is 0.310 e. The molecule has 0 saturated heterocycles. The van der Waals surface area contributed by atoms with Gasteiger partial charge in [0.15, 0.2) is 0 Å². The Morgan fingerprint density at radius 2 is 1.94 bits per heavy atom. The highest BCUT2D eigenvalue weighted by molar-refractivity contribution is 5.75. The normalized spacial score (nSPS) is 11.8. The van der Waals surface area contributed by atoms with Crippen LogP contribution in [0.3, 0.4) is 0 Å². The Hall–Kier alpha value is -2.36. The van der Waals surface area contributed by atoms with E-state index in [9.17, 15) is 4.79 Å². The number of nitrogens with one attached hydrogen (secondary N) is 1. The van der Waals surface area contributed by atoms with Crippen LogP contribution in [0.5, 0.6) is 0 Å². The zero-order valence-electron chi connectivity index (χ0n) is 10.00. The standard InChI is InChI=1S/C14H14N2O2/c1-10(14(17)18)11-5-7-12(8-6-11)16-13-4-2-3-9-15-13/h2-10H,1H3,(H,15,16)(H,17,18)/t10-/m1/s1. The van der Waals surface area contributed by atoms with Gasteiger partial charge in [-0.3, -0.25) is 4.79 Å². The third kappa shape index (κ3) is 2.85. The highest BCUT2D eigenvalue weighted by atomic mass is 16.4. The molecule has 0 radical (unpaired) electrons. The van der Waals surface area contributed by atoms with Crippen molar-refractivity contribution in [3.05, 3.63) is 54.2 Å². The molecule has 2 aromatic rings. The van der Waals surface area contributed by atoms with Gasteiger partial charge in [0.05, 0.1) is 5.92 Å². The predicted molar refractivity (Wildman–Crippen MR) is 70.0 cm³/mol. The van der Waals surface area contributed by atoms with E-state index in [2.05, 4.69) is 10.3 Å². The quantitative estimate of drug-likeness (QED) is 0.865. The number of pyridine rings is 1. The second-order valence-corrected chi connectivity index (χ2v) is 4.02. The second kappa shape index (κ2) is 5.31. The first-order valence-corrected chi connectivity index (χ1v) is 5.67. The minimum atomic E-state index is -0.819. The number of carbonyl (C=O) groups is 1. The predicted octanol–water partition coefficient (Wildman–Crippen LogP) is 3.01. The SMILES string of the molecule is C[C@@H](C(=O)O)c1ccc(Nc2ccccn2)cc1. The van der Waals surface area contributed by atoms with E-state index in [1.807, 2.05) is 42.5 Å². The molecule has 92 valence electrons. The number of hydrogen-bond donors (Lipinski definition) is 2. The molecular weight excluding hydrogens is 228 g/mol. The lowest BCUT2D eigenvalue weighted by molar-refractivity contribution is -0.138. The van der Waals surface area contributed by atoms with Crippen LogP contribution in [0.4, 0.5) is 11.5 Å². The molecule has 18 heavy (non-hydrogen) atoms. The summed E-state index contributed by atoms with van der Waals surface area (Å²) >= 11 is 0. The number of rotatable bonds is 4. The number of carboxylic acid groups (broad SMARTS) is 1. The van der Waals surface area contributed by atoms with E-state index >= 15 is 0 Å². The van der Waals surface area contributed by atoms with E-state index in [0.717, 1.165) is 17.1 Å². The average molecular weight is 242 g/mol. The molecule has 1 atom stereocenters. The highest BCUT2D eigenvalue weighted by Crippen LogP contribution is 2.20. The van der Waals surface area contributed by atoms with Gasteiger partial charge in [0.1, 0.15) is 5.82 Å². The fraction of sp³-hybridized carbons (Fsp3) is 0.143. The Bertz CT molecular complexity index is 523. The van der Waals surface area contributed by atoms with Crippen LogP contribution in [0, 0.1) is 0 Å². The van der Waals surface area contributed by atoms with Gasteiger partial charge in [-0.1, -0.05) is 18.2 Å². The van der Waals surface area contributed by atoms with Crippen LogP contribution >= 0.6 is 0 Å². The summed E-state index contributed by atoms with van der Waals surface area (Å²) in [6, 6.07) is 12.9. The summed E-state index contributed by atoms with van der Waals surface area (Å²) in [5.41, 5.74) is 1.67. The number of carboxylic acids is 1. The number of anilines is 2. The van der Waals surface area contributed by atoms with Crippen molar-refractivity contribution in [2.24, 2.45) is 0 Å². The molecule has 0 spiro atoms. The zero-order valence-corrected chi connectivity index (χ0v) is 10.00. The first-order chi connectivity index (χ1) is 8.66. The van der Waals surface area contributed by atoms with Crippen LogP contribution < -0.4 is 5.32 Å². The maximum absolute atomic E-state index is 10.9. The Balaban J connectivity index is 2.11. The molecule has 0 amide bonds. The Morgan fingerprint density at radius 3 is 2.50 bits per heavy atom. The van der Waals surface area contributed by atoms with Gasteiger partial charge >= 0.3 is 5.97 Å². The molecule has 2 N–H and O–H groups in total. The minimum Gasteiger partial charge on any atom is -0.481 e. The van der Waals surface area contributed by atoms with Crippen molar-refractivity contribution in [1.29, 1.82) is 0 Å². The summed E-state index contributed by atoms with van der Waals surface area (Å²) < 4.78 is 0. The summed E-state index contributed by atoms with van der Waals surface area (Å²) in [5, 5.41) is 12.1. The molecular formula is C14H14N2O2. The van der Waals surface area contributed by atoms with E-state index in [1.165, 1.54) is 0 Å². The molecule has 0 unspecified atom stereocenters. The fourth-order valence-electron chi connectivity index (χ4n) is 1.58. The molecule has 4 heteroatoms. The van der Waals surface area contributed by atoms with Crippen molar-refractivity contribution in [2.75, 3.05) is 5.32 Å². The van der Waals surface area contributed by atoms with Gasteiger partial charge in [-0.2, -0.15) is 0 Å². The van der Waals surface area contributed by atoms with Gasteiger partial charge in [0, 0.05) is 11.9 Å². The lowest BCUT2D eigenvalue weighted by Gasteiger charge is -2.09. The summed E-state index contributed by atoms with van der Waals surface area (Å²) in [6.07, 6.45) is 1.71. The smallest absolute Gasteiger partial charge is 0.310 e. The van der Waals surface area contributed by atoms with E-state index < -0.39 is 11.9 Å². The van der Waals surface area contributed by atoms with E-state index in [1.54, 1.807) is 13.1 Å². The van der Waals surface area contributed by atoms with Crippen molar-refractivity contribution in [2.45, 2.75) is 12.8 Å². The van der Waals surface area contributed by atoms with Crippen LogP contribution in [0.1, 0.15) is 18.4 Å². The van der Waals surface area contributed by atoms with E-state index in [4.69, 9.17) is 5.11 Å². The van der Waals surface area contributed by atoms with Gasteiger partial charge in [-0.25, -0.2) is 4.98 Å². The van der Waals surface area contributed by atoms with Gasteiger partial charge in [0.2, 0.25) is 0 Å². The minimum absolute atomic E-state index is 0.492. The van der Waals surface area contributed by atoms with Crippen LogP contribution in [-0.2, 0) is 4.79 Å². The maximum atomic E-state index is 10.9. The fourth-order valence-corrected chi connectivity index (χ4v) is 1.58. The summed E-state index contributed by atoms with van der Waals surface area (Å²) in [4.78, 5) is 15.0. The third-order valence-electron chi connectivity index (χ3n) is 2.72. The van der Waals surface area contributed by atoms with E-state index in [-0.39, 0.29) is 0 Å². The molecule has 1 aromatic carbocycles. The lowest BCUT2D eigenvalue weighted by Crippen LogP contribution is -2.07. The highest BCUT2D eigenvalue weighted by Gasteiger charge is 2.12. The molecule has 4 nitrogen and oxygen atoms in total. The first kappa shape index (κ1) is 12.1. The Morgan fingerprint density at radius 1 is 1.22 bits per heavy atom. The van der Waals surface area contributed by atoms with Gasteiger partial charge < -0.3 is 10.4 Å². The molecule has 0 aliphatic heterocycles. The summed E-state index contributed by atoms with van der Waals surface area (Å²) in [6.45, 7) is 1.67. The monoisotopic (exact) mass is 242 g/mol. The molecule has 2 rings (SSSR count). The molecule has 0 bridgehead atoms.